The number of halogens is 1. The van der Waals surface area contributed by atoms with E-state index < -0.39 is 0 Å². The van der Waals surface area contributed by atoms with E-state index in [2.05, 4.69) is 10.2 Å². The van der Waals surface area contributed by atoms with Gasteiger partial charge in [0.25, 0.3) is 0 Å². The third-order valence-electron chi connectivity index (χ3n) is 3.43. The van der Waals surface area contributed by atoms with E-state index in [4.69, 9.17) is 29.6 Å². The molecule has 1 aliphatic rings. The number of benzene rings is 1. The van der Waals surface area contributed by atoms with E-state index in [1.165, 1.54) is 25.9 Å². The standard InChI is InChI=1S/C14H20ClN3S/c15-11-5-3-6-12(13(11)14(16)19)17-7-4-10-18-8-1-2-9-18/h3,5-6,17H,1-2,4,7-10H2,(H2,16,19). The second-order valence-corrected chi connectivity index (χ2v) is 5.70. The van der Waals surface area contributed by atoms with Crippen LogP contribution in [0.25, 0.3) is 0 Å². The summed E-state index contributed by atoms with van der Waals surface area (Å²) < 4.78 is 0. The van der Waals surface area contributed by atoms with Crippen LogP contribution in [0.3, 0.4) is 0 Å². The van der Waals surface area contributed by atoms with Crippen molar-refractivity contribution < 1.29 is 0 Å². The van der Waals surface area contributed by atoms with Crippen molar-refractivity contribution in [3.05, 3.63) is 28.8 Å². The first-order valence-electron chi connectivity index (χ1n) is 6.73. The number of hydrogen-bond acceptors (Lipinski definition) is 3. The maximum Gasteiger partial charge on any atom is 0.107 e. The Labute approximate surface area is 125 Å². The second kappa shape index (κ2) is 7.08. The van der Waals surface area contributed by atoms with E-state index >= 15 is 0 Å². The van der Waals surface area contributed by atoms with E-state index in [0.717, 1.165) is 30.8 Å². The number of nitrogens with one attached hydrogen (secondary N) is 1. The second-order valence-electron chi connectivity index (χ2n) is 4.86. The first-order valence-corrected chi connectivity index (χ1v) is 7.51. The van der Waals surface area contributed by atoms with Gasteiger partial charge in [0.05, 0.1) is 10.6 Å². The summed E-state index contributed by atoms with van der Waals surface area (Å²) in [7, 11) is 0. The molecule has 0 aromatic heterocycles. The fourth-order valence-corrected chi connectivity index (χ4v) is 3.01. The molecule has 1 aromatic carbocycles. The molecule has 3 N–H and O–H groups in total. The first kappa shape index (κ1) is 14.6. The van der Waals surface area contributed by atoms with Gasteiger partial charge in [-0.05, 0) is 51.0 Å². The molecule has 3 nitrogen and oxygen atoms in total. The van der Waals surface area contributed by atoms with Crippen molar-refractivity contribution in [1.82, 2.24) is 4.90 Å². The molecule has 1 saturated heterocycles. The maximum atomic E-state index is 6.13. The van der Waals surface area contributed by atoms with Gasteiger partial charge < -0.3 is 16.0 Å². The van der Waals surface area contributed by atoms with Crippen LogP contribution in [0, 0.1) is 0 Å². The Morgan fingerprint density at radius 1 is 1.37 bits per heavy atom. The largest absolute Gasteiger partial charge is 0.389 e. The Hall–Kier alpha value is -0.840. The number of nitrogens with zero attached hydrogens (tertiary/aromatic N) is 1. The number of anilines is 1. The lowest BCUT2D eigenvalue weighted by molar-refractivity contribution is 0.337. The SMILES string of the molecule is NC(=S)c1c(Cl)cccc1NCCCN1CCCC1. The minimum absolute atomic E-state index is 0.340. The molecule has 1 aliphatic heterocycles. The van der Waals surface area contributed by atoms with Crippen molar-refractivity contribution in [2.24, 2.45) is 5.73 Å². The molecule has 0 bridgehead atoms. The van der Waals surface area contributed by atoms with Crippen molar-refractivity contribution in [2.75, 3.05) is 31.5 Å². The third kappa shape index (κ3) is 4.06. The van der Waals surface area contributed by atoms with Crippen LogP contribution in [0.1, 0.15) is 24.8 Å². The molecule has 0 saturated carbocycles. The van der Waals surface area contributed by atoms with Gasteiger partial charge in [0.2, 0.25) is 0 Å². The van der Waals surface area contributed by atoms with Gasteiger partial charge >= 0.3 is 0 Å². The number of thiocarbonyl (C=S) groups is 1. The molecular formula is C14H20ClN3S. The van der Waals surface area contributed by atoms with Crippen LogP contribution in [0.2, 0.25) is 5.02 Å². The topological polar surface area (TPSA) is 41.3 Å². The summed E-state index contributed by atoms with van der Waals surface area (Å²) in [4.78, 5) is 2.85. The first-order chi connectivity index (χ1) is 9.18. The number of nitrogens with two attached hydrogens (primary N) is 1. The Kier molecular flexibility index (Phi) is 5.43. The summed E-state index contributed by atoms with van der Waals surface area (Å²) in [5.74, 6) is 0. The van der Waals surface area contributed by atoms with Crippen LogP contribution in [-0.4, -0.2) is 36.1 Å². The smallest absolute Gasteiger partial charge is 0.107 e. The average Bonchev–Trinajstić information content (AvgIpc) is 2.87. The molecule has 0 spiro atoms. The highest BCUT2D eigenvalue weighted by atomic mass is 35.5. The number of likely N-dealkylation sites (tertiary alicyclic amines) is 1. The monoisotopic (exact) mass is 297 g/mol. The molecule has 0 atom stereocenters. The van der Waals surface area contributed by atoms with Crippen LogP contribution in [0.5, 0.6) is 0 Å². The van der Waals surface area contributed by atoms with E-state index in [1.54, 1.807) is 0 Å². The van der Waals surface area contributed by atoms with Gasteiger partial charge in [-0.3, -0.25) is 0 Å². The van der Waals surface area contributed by atoms with Gasteiger partial charge in [-0.25, -0.2) is 0 Å². The summed E-state index contributed by atoms with van der Waals surface area (Å²) >= 11 is 11.2. The van der Waals surface area contributed by atoms with Crippen LogP contribution < -0.4 is 11.1 Å². The molecule has 1 aromatic rings. The molecule has 0 aliphatic carbocycles. The number of hydrogen-bond donors (Lipinski definition) is 2. The lowest BCUT2D eigenvalue weighted by atomic mass is 10.1. The molecule has 1 fully saturated rings. The molecule has 1 heterocycles. The zero-order valence-corrected chi connectivity index (χ0v) is 12.6. The van der Waals surface area contributed by atoms with Crippen molar-refractivity contribution in [3.63, 3.8) is 0 Å². The molecule has 0 unspecified atom stereocenters. The average molecular weight is 298 g/mol. The lowest BCUT2D eigenvalue weighted by Gasteiger charge is -2.16. The molecule has 2 rings (SSSR count). The lowest BCUT2D eigenvalue weighted by Crippen LogP contribution is -2.22. The summed E-state index contributed by atoms with van der Waals surface area (Å²) in [6.07, 6.45) is 3.80. The van der Waals surface area contributed by atoms with Crippen LogP contribution in [0.15, 0.2) is 18.2 Å². The fraction of sp³-hybridized carbons (Fsp3) is 0.500. The highest BCUT2D eigenvalue weighted by Gasteiger charge is 2.11. The van der Waals surface area contributed by atoms with Gasteiger partial charge in [-0.2, -0.15) is 0 Å². The van der Waals surface area contributed by atoms with Crippen molar-refractivity contribution in [1.29, 1.82) is 0 Å². The molecule has 0 radical (unpaired) electrons. The highest BCUT2D eigenvalue weighted by Crippen LogP contribution is 2.24. The molecule has 104 valence electrons. The Balaban J connectivity index is 1.85. The van der Waals surface area contributed by atoms with Gasteiger partial charge in [0.1, 0.15) is 4.99 Å². The van der Waals surface area contributed by atoms with Gasteiger partial charge in [-0.15, -0.1) is 0 Å². The van der Waals surface area contributed by atoms with Gasteiger partial charge in [0.15, 0.2) is 0 Å². The normalized spacial score (nSPS) is 15.6. The third-order valence-corrected chi connectivity index (χ3v) is 3.94. The van der Waals surface area contributed by atoms with Crippen molar-refractivity contribution in [3.8, 4) is 0 Å². The number of rotatable bonds is 6. The minimum Gasteiger partial charge on any atom is -0.389 e. The molecule has 0 amide bonds. The highest BCUT2D eigenvalue weighted by molar-refractivity contribution is 7.80. The van der Waals surface area contributed by atoms with Crippen LogP contribution in [0.4, 0.5) is 5.69 Å². The zero-order chi connectivity index (χ0) is 13.7. The fourth-order valence-electron chi connectivity index (χ4n) is 2.45. The Bertz CT molecular complexity index is 444. The summed E-state index contributed by atoms with van der Waals surface area (Å²) in [6.45, 7) is 4.55. The predicted molar refractivity (Wildman–Crippen MR) is 86.1 cm³/mol. The van der Waals surface area contributed by atoms with E-state index in [0.29, 0.717) is 10.0 Å². The molecular weight excluding hydrogens is 278 g/mol. The zero-order valence-electron chi connectivity index (χ0n) is 11.0. The molecule has 5 heteroatoms. The minimum atomic E-state index is 0.340. The predicted octanol–water partition coefficient (Wildman–Crippen LogP) is 2.87. The van der Waals surface area contributed by atoms with Gasteiger partial charge in [-0.1, -0.05) is 29.9 Å². The van der Waals surface area contributed by atoms with Crippen molar-refractivity contribution in [2.45, 2.75) is 19.3 Å². The van der Waals surface area contributed by atoms with Gasteiger partial charge in [0, 0.05) is 12.2 Å². The Morgan fingerprint density at radius 2 is 2.11 bits per heavy atom. The summed E-state index contributed by atoms with van der Waals surface area (Å²) in [5, 5.41) is 3.99. The molecule has 19 heavy (non-hydrogen) atoms. The quantitative estimate of drug-likeness (QED) is 0.626. The summed E-state index contributed by atoms with van der Waals surface area (Å²) in [5.41, 5.74) is 7.40. The van der Waals surface area contributed by atoms with Crippen molar-refractivity contribution >= 4 is 34.5 Å². The van der Waals surface area contributed by atoms with E-state index in [-0.39, 0.29) is 0 Å². The van der Waals surface area contributed by atoms with Crippen LogP contribution in [-0.2, 0) is 0 Å². The van der Waals surface area contributed by atoms with Crippen LogP contribution >= 0.6 is 23.8 Å². The maximum absolute atomic E-state index is 6.13. The Morgan fingerprint density at radius 3 is 2.79 bits per heavy atom. The summed E-state index contributed by atoms with van der Waals surface area (Å²) in [6, 6.07) is 5.69. The van der Waals surface area contributed by atoms with E-state index in [1.807, 2.05) is 18.2 Å². The van der Waals surface area contributed by atoms with E-state index in [9.17, 15) is 0 Å².